The summed E-state index contributed by atoms with van der Waals surface area (Å²) in [6, 6.07) is 10.1. The molecule has 3 aromatic rings. The number of hydrogen-bond donors (Lipinski definition) is 0. The van der Waals surface area contributed by atoms with Crippen LogP contribution in [0.3, 0.4) is 0 Å². The van der Waals surface area contributed by atoms with Gasteiger partial charge in [-0.2, -0.15) is 14.6 Å². The van der Waals surface area contributed by atoms with Crippen LogP contribution in [-0.4, -0.2) is 32.9 Å². The lowest BCUT2D eigenvalue weighted by Gasteiger charge is -2.19. The van der Waals surface area contributed by atoms with E-state index >= 15 is 0 Å². The van der Waals surface area contributed by atoms with Gasteiger partial charge in [0.25, 0.3) is 0 Å². The number of thioether (sulfide) groups is 1. The minimum Gasteiger partial charge on any atom is -0.313 e. The Balaban J connectivity index is 2.19. The van der Waals surface area contributed by atoms with Crippen molar-refractivity contribution in [2.45, 2.75) is 5.16 Å². The summed E-state index contributed by atoms with van der Waals surface area (Å²) < 4.78 is 2.79. The Hall–Kier alpha value is -1.35. The normalized spacial score (nSPS) is 10.9. The first-order chi connectivity index (χ1) is 9.70. The molecule has 0 saturated carbocycles. The van der Waals surface area contributed by atoms with Crippen molar-refractivity contribution in [3.63, 3.8) is 0 Å². The summed E-state index contributed by atoms with van der Waals surface area (Å²) in [7, 11) is 1.98. The molecule has 0 radical (unpaired) electrons. The van der Waals surface area contributed by atoms with E-state index in [2.05, 4.69) is 37.7 Å². The summed E-state index contributed by atoms with van der Waals surface area (Å²) in [6.45, 7) is 0. The first-order valence-corrected chi connectivity index (χ1v) is 8.25. The quantitative estimate of drug-likeness (QED) is 0.502. The highest BCUT2D eigenvalue weighted by molar-refractivity contribution is 14.1. The van der Waals surface area contributed by atoms with Gasteiger partial charge in [-0.05, 0) is 41.0 Å². The lowest BCUT2D eigenvalue weighted by atomic mass is 10.3. The van der Waals surface area contributed by atoms with Crippen LogP contribution in [0.5, 0.6) is 0 Å². The molecular formula is C13H12IN5S. The van der Waals surface area contributed by atoms with E-state index in [9.17, 15) is 0 Å². The number of halogens is 1. The van der Waals surface area contributed by atoms with Crippen LogP contribution in [0.1, 0.15) is 0 Å². The van der Waals surface area contributed by atoms with Crippen LogP contribution in [0, 0.1) is 3.57 Å². The van der Waals surface area contributed by atoms with E-state index < -0.39 is 0 Å². The van der Waals surface area contributed by atoms with Crippen molar-refractivity contribution in [1.29, 1.82) is 0 Å². The number of nitrogens with zero attached hydrogens (tertiary/aromatic N) is 5. The molecule has 102 valence electrons. The zero-order chi connectivity index (χ0) is 14.1. The van der Waals surface area contributed by atoms with Crippen molar-refractivity contribution in [2.75, 3.05) is 18.2 Å². The molecule has 0 N–H and O–H groups in total. The van der Waals surface area contributed by atoms with Crippen molar-refractivity contribution < 1.29 is 0 Å². The van der Waals surface area contributed by atoms with Gasteiger partial charge < -0.3 is 4.90 Å². The van der Waals surface area contributed by atoms with Crippen molar-refractivity contribution >= 4 is 51.6 Å². The molecule has 5 nitrogen and oxygen atoms in total. The number of benzene rings is 1. The molecule has 7 heteroatoms. The SMILES string of the molecule is CSc1nc(N(C)c2ccccc2)n2ncc(I)c2n1. The average Bonchev–Trinajstić information content (AvgIpc) is 2.88. The molecular weight excluding hydrogens is 385 g/mol. The average molecular weight is 397 g/mol. The first kappa shape index (κ1) is 13.6. The minimum atomic E-state index is 0.744. The number of rotatable bonds is 3. The highest BCUT2D eigenvalue weighted by atomic mass is 127. The summed E-state index contributed by atoms with van der Waals surface area (Å²) in [5.74, 6) is 0.758. The molecule has 0 fully saturated rings. The van der Waals surface area contributed by atoms with Crippen LogP contribution in [0.15, 0.2) is 41.7 Å². The van der Waals surface area contributed by atoms with Crippen molar-refractivity contribution in [3.05, 3.63) is 40.1 Å². The smallest absolute Gasteiger partial charge is 0.235 e. The fourth-order valence-corrected chi connectivity index (χ4v) is 2.72. The number of hydrogen-bond acceptors (Lipinski definition) is 5. The van der Waals surface area contributed by atoms with Gasteiger partial charge in [0.15, 0.2) is 10.8 Å². The van der Waals surface area contributed by atoms with Crippen molar-refractivity contribution in [3.8, 4) is 0 Å². The molecule has 2 heterocycles. The molecule has 0 atom stereocenters. The minimum absolute atomic E-state index is 0.744. The Labute approximate surface area is 134 Å². The van der Waals surface area contributed by atoms with Crippen LogP contribution in [-0.2, 0) is 0 Å². The van der Waals surface area contributed by atoms with Crippen LogP contribution in [0.2, 0.25) is 0 Å². The van der Waals surface area contributed by atoms with Gasteiger partial charge in [-0.1, -0.05) is 30.0 Å². The van der Waals surface area contributed by atoms with Crippen molar-refractivity contribution in [1.82, 2.24) is 19.6 Å². The van der Waals surface area contributed by atoms with Crippen LogP contribution >= 0.6 is 34.4 Å². The maximum atomic E-state index is 4.58. The molecule has 20 heavy (non-hydrogen) atoms. The summed E-state index contributed by atoms with van der Waals surface area (Å²) in [4.78, 5) is 11.1. The molecule has 0 unspecified atom stereocenters. The summed E-state index contributed by atoms with van der Waals surface area (Å²) in [5.41, 5.74) is 1.90. The van der Waals surface area contributed by atoms with E-state index in [1.165, 1.54) is 11.8 Å². The topological polar surface area (TPSA) is 46.3 Å². The van der Waals surface area contributed by atoms with Gasteiger partial charge in [0.05, 0.1) is 9.77 Å². The highest BCUT2D eigenvalue weighted by Gasteiger charge is 2.15. The predicted molar refractivity (Wildman–Crippen MR) is 89.8 cm³/mol. The molecule has 0 saturated heterocycles. The lowest BCUT2D eigenvalue weighted by molar-refractivity contribution is 0.816. The maximum absolute atomic E-state index is 4.58. The third-order valence-corrected chi connectivity index (χ3v) is 4.22. The third kappa shape index (κ3) is 2.35. The zero-order valence-electron chi connectivity index (χ0n) is 11.0. The monoisotopic (exact) mass is 397 g/mol. The molecule has 1 aromatic carbocycles. The number of aromatic nitrogens is 4. The predicted octanol–water partition coefficient (Wildman–Crippen LogP) is 3.22. The van der Waals surface area contributed by atoms with E-state index in [0.717, 1.165) is 26.0 Å². The van der Waals surface area contributed by atoms with E-state index in [1.54, 1.807) is 10.7 Å². The van der Waals surface area contributed by atoms with Gasteiger partial charge in [0, 0.05) is 12.7 Å². The number of anilines is 2. The second kappa shape index (κ2) is 5.57. The third-order valence-electron chi connectivity index (χ3n) is 2.91. The lowest BCUT2D eigenvalue weighted by Crippen LogP contribution is -2.17. The van der Waals surface area contributed by atoms with E-state index in [0.29, 0.717) is 0 Å². The number of fused-ring (bicyclic) bond motifs is 1. The standard InChI is InChI=1S/C13H12IN5S/c1-18(9-6-4-3-5-7-9)13-17-12(20-2)16-11-10(14)8-15-19(11)13/h3-8H,1-2H3. The summed E-state index contributed by atoms with van der Waals surface area (Å²) in [6.07, 6.45) is 3.78. The molecule has 0 aliphatic rings. The second-order valence-corrected chi connectivity index (χ2v) is 6.07. The summed E-state index contributed by atoms with van der Waals surface area (Å²) >= 11 is 3.77. The molecule has 0 aliphatic heterocycles. The van der Waals surface area contributed by atoms with Gasteiger partial charge in [-0.3, -0.25) is 0 Å². The van der Waals surface area contributed by atoms with Crippen LogP contribution < -0.4 is 4.90 Å². The van der Waals surface area contributed by atoms with Crippen LogP contribution in [0.25, 0.3) is 5.65 Å². The first-order valence-electron chi connectivity index (χ1n) is 5.94. The van der Waals surface area contributed by atoms with Gasteiger partial charge in [0.2, 0.25) is 5.95 Å². The fraction of sp³-hybridized carbons (Fsp3) is 0.154. The van der Waals surface area contributed by atoms with Crippen molar-refractivity contribution in [2.24, 2.45) is 0 Å². The maximum Gasteiger partial charge on any atom is 0.235 e. The Bertz CT molecular complexity index is 743. The second-order valence-electron chi connectivity index (χ2n) is 4.13. The van der Waals surface area contributed by atoms with E-state index in [1.807, 2.05) is 48.5 Å². The Morgan fingerprint density at radius 2 is 1.95 bits per heavy atom. The van der Waals surface area contributed by atoms with Gasteiger partial charge in [0.1, 0.15) is 0 Å². The Morgan fingerprint density at radius 1 is 1.20 bits per heavy atom. The molecule has 0 amide bonds. The van der Waals surface area contributed by atoms with E-state index in [-0.39, 0.29) is 0 Å². The number of para-hydroxylation sites is 1. The fourth-order valence-electron chi connectivity index (χ4n) is 1.89. The molecule has 0 bridgehead atoms. The summed E-state index contributed by atoms with van der Waals surface area (Å²) in [5, 5.41) is 5.12. The van der Waals surface area contributed by atoms with Crippen LogP contribution in [0.4, 0.5) is 11.6 Å². The molecule has 0 spiro atoms. The molecule has 0 aliphatic carbocycles. The van der Waals surface area contributed by atoms with Gasteiger partial charge >= 0.3 is 0 Å². The Kier molecular flexibility index (Phi) is 3.79. The van der Waals surface area contributed by atoms with Gasteiger partial charge in [-0.15, -0.1) is 0 Å². The largest absolute Gasteiger partial charge is 0.313 e. The Morgan fingerprint density at radius 3 is 2.65 bits per heavy atom. The molecule has 3 rings (SSSR count). The van der Waals surface area contributed by atoms with Gasteiger partial charge in [-0.25, -0.2) is 4.98 Å². The molecule has 2 aromatic heterocycles. The van der Waals surface area contributed by atoms with E-state index in [4.69, 9.17) is 0 Å². The highest BCUT2D eigenvalue weighted by Crippen LogP contribution is 2.25. The zero-order valence-corrected chi connectivity index (χ0v) is 14.0.